The van der Waals surface area contributed by atoms with Crippen LogP contribution < -0.4 is 20.1 Å². The Labute approximate surface area is 196 Å². The highest BCUT2D eigenvalue weighted by Crippen LogP contribution is 2.32. The summed E-state index contributed by atoms with van der Waals surface area (Å²) in [5.74, 6) is 0.854. The van der Waals surface area contributed by atoms with E-state index in [0.717, 1.165) is 5.56 Å². The van der Waals surface area contributed by atoms with Crippen LogP contribution in [0.4, 0.5) is 15.8 Å². The first kappa shape index (κ1) is 24.3. The Balaban J connectivity index is 1.58. The molecule has 3 rings (SSSR count). The predicted molar refractivity (Wildman–Crippen MR) is 127 cm³/mol. The van der Waals surface area contributed by atoms with E-state index in [4.69, 9.17) is 21.1 Å². The van der Waals surface area contributed by atoms with Gasteiger partial charge in [-0.15, -0.1) is 0 Å². The van der Waals surface area contributed by atoms with Gasteiger partial charge < -0.3 is 20.1 Å². The van der Waals surface area contributed by atoms with E-state index < -0.39 is 4.92 Å². The Morgan fingerprint density at radius 2 is 1.82 bits per heavy atom. The molecule has 0 aliphatic carbocycles. The Morgan fingerprint density at radius 1 is 1.03 bits per heavy atom. The highest BCUT2D eigenvalue weighted by Gasteiger charge is 2.13. The van der Waals surface area contributed by atoms with Crippen LogP contribution in [0, 0.1) is 15.9 Å². The standard InChI is InChI=1S/C24H25ClFN3O4/c1-2-32-23-9-5-7-17(24(23)33-16-18-6-3-4-8-21(18)26)15-27-12-13-28-22-11-10-19(29(30)31)14-20(22)25/h3-11,14,27-28H,2,12-13,15-16H2,1H3. The van der Waals surface area contributed by atoms with Crippen molar-refractivity contribution in [2.75, 3.05) is 25.0 Å². The van der Waals surface area contributed by atoms with Crippen molar-refractivity contribution in [3.8, 4) is 11.5 Å². The van der Waals surface area contributed by atoms with Crippen LogP contribution >= 0.6 is 11.6 Å². The average molecular weight is 474 g/mol. The van der Waals surface area contributed by atoms with Crippen LogP contribution in [0.3, 0.4) is 0 Å². The van der Waals surface area contributed by atoms with Crippen molar-refractivity contribution in [3.05, 3.63) is 92.7 Å². The first-order valence-electron chi connectivity index (χ1n) is 10.5. The fourth-order valence-corrected chi connectivity index (χ4v) is 3.41. The summed E-state index contributed by atoms with van der Waals surface area (Å²) in [6, 6.07) is 16.4. The van der Waals surface area contributed by atoms with Crippen LogP contribution in [-0.2, 0) is 13.2 Å². The third-order valence-corrected chi connectivity index (χ3v) is 5.10. The van der Waals surface area contributed by atoms with Gasteiger partial charge in [-0.25, -0.2) is 4.39 Å². The number of hydrogen-bond donors (Lipinski definition) is 2. The second-order valence-electron chi connectivity index (χ2n) is 7.08. The Hall–Kier alpha value is -3.36. The van der Waals surface area contributed by atoms with Crippen molar-refractivity contribution in [1.29, 1.82) is 0 Å². The lowest BCUT2D eigenvalue weighted by Crippen LogP contribution is -2.22. The molecule has 0 aliphatic rings. The van der Waals surface area contributed by atoms with Crippen molar-refractivity contribution >= 4 is 23.0 Å². The van der Waals surface area contributed by atoms with Gasteiger partial charge in [-0.3, -0.25) is 10.1 Å². The third-order valence-electron chi connectivity index (χ3n) is 4.79. The molecule has 0 bridgehead atoms. The molecule has 7 nitrogen and oxygen atoms in total. The molecule has 0 spiro atoms. The Kier molecular flexibility index (Phi) is 8.86. The van der Waals surface area contributed by atoms with E-state index in [-0.39, 0.29) is 23.1 Å². The van der Waals surface area contributed by atoms with E-state index in [9.17, 15) is 14.5 Å². The normalized spacial score (nSPS) is 10.6. The summed E-state index contributed by atoms with van der Waals surface area (Å²) in [4.78, 5) is 10.3. The summed E-state index contributed by atoms with van der Waals surface area (Å²) in [7, 11) is 0. The van der Waals surface area contributed by atoms with Gasteiger partial charge in [0.15, 0.2) is 11.5 Å². The number of anilines is 1. The molecule has 3 aromatic carbocycles. The minimum atomic E-state index is -0.487. The SMILES string of the molecule is CCOc1cccc(CNCCNc2ccc([N+](=O)[O-])cc2Cl)c1OCc1ccccc1F. The van der Waals surface area contributed by atoms with Crippen molar-refractivity contribution < 1.29 is 18.8 Å². The van der Waals surface area contributed by atoms with Crippen LogP contribution in [0.1, 0.15) is 18.1 Å². The third kappa shape index (κ3) is 6.81. The lowest BCUT2D eigenvalue weighted by molar-refractivity contribution is -0.384. The molecule has 0 radical (unpaired) electrons. The van der Waals surface area contributed by atoms with Gasteiger partial charge in [0.25, 0.3) is 5.69 Å². The molecule has 0 aliphatic heterocycles. The average Bonchev–Trinajstić information content (AvgIpc) is 2.80. The molecule has 0 saturated heterocycles. The molecule has 0 atom stereocenters. The summed E-state index contributed by atoms with van der Waals surface area (Å²) in [6.07, 6.45) is 0. The number of halogens is 2. The summed E-state index contributed by atoms with van der Waals surface area (Å²) in [5, 5.41) is 17.6. The fraction of sp³-hybridized carbons (Fsp3) is 0.250. The molecule has 0 amide bonds. The second kappa shape index (κ2) is 12.0. The molecule has 0 heterocycles. The van der Waals surface area contributed by atoms with E-state index in [2.05, 4.69) is 10.6 Å². The van der Waals surface area contributed by atoms with E-state index in [1.165, 1.54) is 18.2 Å². The zero-order chi connectivity index (χ0) is 23.6. The maximum Gasteiger partial charge on any atom is 0.271 e. The van der Waals surface area contributed by atoms with E-state index in [1.807, 2.05) is 25.1 Å². The van der Waals surface area contributed by atoms with Gasteiger partial charge in [0.05, 0.1) is 22.2 Å². The number of nitro benzene ring substituents is 1. The quantitative estimate of drug-likeness (QED) is 0.203. The fourth-order valence-electron chi connectivity index (χ4n) is 3.17. The van der Waals surface area contributed by atoms with Crippen molar-refractivity contribution in [3.63, 3.8) is 0 Å². The van der Waals surface area contributed by atoms with Crippen molar-refractivity contribution in [2.24, 2.45) is 0 Å². The first-order chi connectivity index (χ1) is 16.0. The molecule has 33 heavy (non-hydrogen) atoms. The van der Waals surface area contributed by atoms with E-state index in [1.54, 1.807) is 24.3 Å². The smallest absolute Gasteiger partial charge is 0.271 e. The van der Waals surface area contributed by atoms with Gasteiger partial charge in [0.1, 0.15) is 12.4 Å². The zero-order valence-corrected chi connectivity index (χ0v) is 18.9. The highest BCUT2D eigenvalue weighted by molar-refractivity contribution is 6.33. The first-order valence-corrected chi connectivity index (χ1v) is 10.9. The van der Waals surface area contributed by atoms with Crippen LogP contribution in [-0.4, -0.2) is 24.6 Å². The molecular formula is C24H25ClFN3O4. The minimum Gasteiger partial charge on any atom is -0.490 e. The van der Waals surface area contributed by atoms with E-state index >= 15 is 0 Å². The molecule has 0 unspecified atom stereocenters. The summed E-state index contributed by atoms with van der Waals surface area (Å²) < 4.78 is 25.7. The zero-order valence-electron chi connectivity index (χ0n) is 18.1. The maximum atomic E-state index is 14.0. The van der Waals surface area contributed by atoms with Crippen molar-refractivity contribution in [2.45, 2.75) is 20.1 Å². The Bertz CT molecular complexity index is 1100. The second-order valence-corrected chi connectivity index (χ2v) is 7.49. The number of benzene rings is 3. The monoisotopic (exact) mass is 473 g/mol. The van der Waals surface area contributed by atoms with Crippen LogP contribution in [0.5, 0.6) is 11.5 Å². The molecule has 2 N–H and O–H groups in total. The van der Waals surface area contributed by atoms with E-state index in [0.29, 0.717) is 49.0 Å². The Morgan fingerprint density at radius 3 is 2.55 bits per heavy atom. The number of nitro groups is 1. The number of ether oxygens (including phenoxy) is 2. The summed E-state index contributed by atoms with van der Waals surface area (Å²) in [6.45, 7) is 4.10. The van der Waals surface area contributed by atoms with Gasteiger partial charge in [0, 0.05) is 42.9 Å². The van der Waals surface area contributed by atoms with Crippen molar-refractivity contribution in [1.82, 2.24) is 5.32 Å². The molecule has 0 fully saturated rings. The maximum absolute atomic E-state index is 14.0. The number of nitrogens with zero attached hydrogens (tertiary/aromatic N) is 1. The summed E-state index contributed by atoms with van der Waals surface area (Å²) in [5.41, 5.74) is 1.91. The number of rotatable bonds is 12. The van der Waals surface area contributed by atoms with Gasteiger partial charge >= 0.3 is 0 Å². The topological polar surface area (TPSA) is 85.7 Å². The van der Waals surface area contributed by atoms with Crippen LogP contribution in [0.25, 0.3) is 0 Å². The number of non-ortho nitro benzene ring substituents is 1. The number of nitrogens with one attached hydrogen (secondary N) is 2. The number of para-hydroxylation sites is 1. The summed E-state index contributed by atoms with van der Waals surface area (Å²) >= 11 is 6.10. The van der Waals surface area contributed by atoms with Gasteiger partial charge in [-0.1, -0.05) is 41.9 Å². The largest absolute Gasteiger partial charge is 0.490 e. The van der Waals surface area contributed by atoms with Gasteiger partial charge in [0.2, 0.25) is 0 Å². The minimum absolute atomic E-state index is 0.0548. The van der Waals surface area contributed by atoms with Crippen LogP contribution in [0.15, 0.2) is 60.7 Å². The molecular weight excluding hydrogens is 449 g/mol. The molecule has 0 aromatic heterocycles. The van der Waals surface area contributed by atoms with Crippen LogP contribution in [0.2, 0.25) is 5.02 Å². The molecule has 3 aromatic rings. The highest BCUT2D eigenvalue weighted by atomic mass is 35.5. The molecule has 174 valence electrons. The number of hydrogen-bond acceptors (Lipinski definition) is 6. The molecule has 9 heteroatoms. The van der Waals surface area contributed by atoms with Gasteiger partial charge in [-0.05, 0) is 25.1 Å². The van der Waals surface area contributed by atoms with Gasteiger partial charge in [-0.2, -0.15) is 0 Å². The lowest BCUT2D eigenvalue weighted by Gasteiger charge is -2.17. The molecule has 0 saturated carbocycles. The predicted octanol–water partition coefficient (Wildman–Crippen LogP) is 5.57. The lowest BCUT2D eigenvalue weighted by atomic mass is 10.1.